The summed E-state index contributed by atoms with van der Waals surface area (Å²) in [6, 6.07) is 14.6. The Hall–Kier alpha value is -2.42. The van der Waals surface area contributed by atoms with Gasteiger partial charge in [0.1, 0.15) is 5.82 Å². The monoisotopic (exact) mass is 252 g/mol. The lowest BCUT2D eigenvalue weighted by molar-refractivity contribution is 0.626. The van der Waals surface area contributed by atoms with E-state index >= 15 is 0 Å². The summed E-state index contributed by atoms with van der Waals surface area (Å²) < 4.78 is 13.1. The molecule has 2 nitrogen and oxygen atoms in total. The van der Waals surface area contributed by atoms with Gasteiger partial charge in [0.05, 0.1) is 0 Å². The lowest BCUT2D eigenvalue weighted by Crippen LogP contribution is -2.00. The van der Waals surface area contributed by atoms with Gasteiger partial charge >= 0.3 is 0 Å². The van der Waals surface area contributed by atoms with Crippen LogP contribution >= 0.6 is 0 Å². The van der Waals surface area contributed by atoms with Gasteiger partial charge in [-0.2, -0.15) is 0 Å². The Kier molecular flexibility index (Phi) is 3.11. The number of nitrogens with one attached hydrogen (secondary N) is 1. The molecule has 0 aliphatic heterocycles. The normalized spacial score (nSPS) is 10.6. The van der Waals surface area contributed by atoms with Crippen molar-refractivity contribution in [3.8, 4) is 0 Å². The van der Waals surface area contributed by atoms with Crippen molar-refractivity contribution < 1.29 is 4.39 Å². The summed E-state index contributed by atoms with van der Waals surface area (Å²) in [5.41, 5.74) is 1.93. The van der Waals surface area contributed by atoms with Gasteiger partial charge in [0.15, 0.2) is 0 Å². The largest absolute Gasteiger partial charge is 0.380 e. The molecule has 94 valence electrons. The topological polar surface area (TPSA) is 24.9 Å². The fourth-order valence-corrected chi connectivity index (χ4v) is 2.11. The predicted octanol–water partition coefficient (Wildman–Crippen LogP) is 3.99. The van der Waals surface area contributed by atoms with Gasteiger partial charge in [-0.05, 0) is 35.2 Å². The van der Waals surface area contributed by atoms with Crippen molar-refractivity contribution in [1.82, 2.24) is 4.98 Å². The third-order valence-corrected chi connectivity index (χ3v) is 3.06. The number of hydrogen-bond donors (Lipinski definition) is 1. The molecule has 0 bridgehead atoms. The lowest BCUT2D eigenvalue weighted by atomic mass is 10.1. The summed E-state index contributed by atoms with van der Waals surface area (Å²) in [5, 5.41) is 5.53. The molecule has 0 aliphatic rings. The van der Waals surface area contributed by atoms with Crippen LogP contribution in [0.4, 0.5) is 10.1 Å². The molecular weight excluding hydrogens is 239 g/mol. The zero-order valence-corrected chi connectivity index (χ0v) is 10.3. The summed E-state index contributed by atoms with van der Waals surface area (Å²) in [5.74, 6) is -0.209. The van der Waals surface area contributed by atoms with Crippen LogP contribution in [0.1, 0.15) is 5.56 Å². The molecule has 0 saturated heterocycles. The molecule has 19 heavy (non-hydrogen) atoms. The summed E-state index contributed by atoms with van der Waals surface area (Å²) >= 11 is 0. The van der Waals surface area contributed by atoms with E-state index in [9.17, 15) is 4.39 Å². The maximum absolute atomic E-state index is 13.1. The average molecular weight is 252 g/mol. The SMILES string of the molecule is Fc1cccc(CNc2cccc3ccncc23)c1. The summed E-state index contributed by atoms with van der Waals surface area (Å²) in [6.07, 6.45) is 3.61. The zero-order chi connectivity index (χ0) is 13.1. The molecule has 3 heteroatoms. The van der Waals surface area contributed by atoms with Crippen molar-refractivity contribution in [1.29, 1.82) is 0 Å². The third kappa shape index (κ3) is 2.55. The summed E-state index contributed by atoms with van der Waals surface area (Å²) in [6.45, 7) is 0.589. The number of halogens is 1. The van der Waals surface area contributed by atoms with Gasteiger partial charge in [0.2, 0.25) is 0 Å². The number of fused-ring (bicyclic) bond motifs is 1. The number of aromatic nitrogens is 1. The van der Waals surface area contributed by atoms with Gasteiger partial charge < -0.3 is 5.32 Å². The molecule has 2 aromatic carbocycles. The molecule has 0 amide bonds. The minimum atomic E-state index is -0.209. The van der Waals surface area contributed by atoms with E-state index in [0.717, 1.165) is 22.0 Å². The molecule has 1 heterocycles. The Labute approximate surface area is 110 Å². The number of pyridine rings is 1. The third-order valence-electron chi connectivity index (χ3n) is 3.06. The number of hydrogen-bond acceptors (Lipinski definition) is 2. The van der Waals surface area contributed by atoms with Crippen LogP contribution in [-0.4, -0.2) is 4.98 Å². The molecule has 0 aliphatic carbocycles. The molecule has 0 radical (unpaired) electrons. The van der Waals surface area contributed by atoms with Gasteiger partial charge in [-0.25, -0.2) is 4.39 Å². The number of nitrogens with zero attached hydrogens (tertiary/aromatic N) is 1. The van der Waals surface area contributed by atoms with Crippen molar-refractivity contribution in [2.45, 2.75) is 6.54 Å². The smallest absolute Gasteiger partial charge is 0.123 e. The standard InChI is InChI=1S/C16H13FN2/c17-14-5-1-3-12(9-14)10-19-16-6-2-4-13-7-8-18-11-15(13)16/h1-9,11,19H,10H2. The van der Waals surface area contributed by atoms with Crippen LogP contribution in [0, 0.1) is 5.82 Å². The van der Waals surface area contributed by atoms with E-state index in [1.54, 1.807) is 12.3 Å². The molecule has 0 fully saturated rings. The van der Waals surface area contributed by atoms with Crippen LogP contribution in [-0.2, 0) is 6.54 Å². The van der Waals surface area contributed by atoms with Gasteiger partial charge in [0, 0.05) is 30.0 Å². The second-order valence-electron chi connectivity index (χ2n) is 4.39. The highest BCUT2D eigenvalue weighted by Gasteiger charge is 2.01. The van der Waals surface area contributed by atoms with Crippen molar-refractivity contribution in [2.75, 3.05) is 5.32 Å². The summed E-state index contributed by atoms with van der Waals surface area (Å²) in [4.78, 5) is 4.14. The van der Waals surface area contributed by atoms with Crippen molar-refractivity contribution in [2.24, 2.45) is 0 Å². The Bertz CT molecular complexity index is 704. The second-order valence-corrected chi connectivity index (χ2v) is 4.39. The lowest BCUT2D eigenvalue weighted by Gasteiger charge is -2.09. The molecule has 0 spiro atoms. The van der Waals surface area contributed by atoms with Crippen LogP contribution in [0.5, 0.6) is 0 Å². The van der Waals surface area contributed by atoms with Gasteiger partial charge in [-0.3, -0.25) is 4.98 Å². The van der Waals surface area contributed by atoms with Crippen LogP contribution < -0.4 is 5.32 Å². The van der Waals surface area contributed by atoms with Gasteiger partial charge in [0.25, 0.3) is 0 Å². The highest BCUT2D eigenvalue weighted by molar-refractivity contribution is 5.93. The highest BCUT2D eigenvalue weighted by atomic mass is 19.1. The first-order valence-corrected chi connectivity index (χ1v) is 6.14. The summed E-state index contributed by atoms with van der Waals surface area (Å²) in [7, 11) is 0. The zero-order valence-electron chi connectivity index (χ0n) is 10.3. The van der Waals surface area contributed by atoms with E-state index in [1.807, 2.05) is 36.5 Å². The average Bonchev–Trinajstić information content (AvgIpc) is 2.45. The van der Waals surface area contributed by atoms with Crippen LogP contribution in [0.2, 0.25) is 0 Å². The van der Waals surface area contributed by atoms with Crippen LogP contribution in [0.3, 0.4) is 0 Å². The van der Waals surface area contributed by atoms with Crippen molar-refractivity contribution in [3.63, 3.8) is 0 Å². The van der Waals surface area contributed by atoms with E-state index in [4.69, 9.17) is 0 Å². The Morgan fingerprint density at radius 3 is 2.84 bits per heavy atom. The Morgan fingerprint density at radius 2 is 1.95 bits per heavy atom. The first-order chi connectivity index (χ1) is 9.33. The first-order valence-electron chi connectivity index (χ1n) is 6.14. The molecule has 1 N–H and O–H groups in total. The Balaban J connectivity index is 1.86. The van der Waals surface area contributed by atoms with E-state index in [1.165, 1.54) is 12.1 Å². The van der Waals surface area contributed by atoms with Gasteiger partial charge in [-0.1, -0.05) is 24.3 Å². The molecule has 3 aromatic rings. The molecule has 1 aromatic heterocycles. The molecular formula is C16H13FN2. The van der Waals surface area contributed by atoms with E-state index in [-0.39, 0.29) is 5.82 Å². The van der Waals surface area contributed by atoms with Gasteiger partial charge in [-0.15, -0.1) is 0 Å². The quantitative estimate of drug-likeness (QED) is 0.762. The Morgan fingerprint density at radius 1 is 1.05 bits per heavy atom. The molecule has 0 unspecified atom stereocenters. The van der Waals surface area contributed by atoms with Crippen molar-refractivity contribution >= 4 is 16.5 Å². The maximum atomic E-state index is 13.1. The second kappa shape index (κ2) is 5.06. The number of anilines is 1. The number of rotatable bonds is 3. The maximum Gasteiger partial charge on any atom is 0.123 e. The predicted molar refractivity (Wildman–Crippen MR) is 75.5 cm³/mol. The van der Waals surface area contributed by atoms with Crippen molar-refractivity contribution in [3.05, 3.63) is 72.3 Å². The minimum absolute atomic E-state index is 0.209. The van der Waals surface area contributed by atoms with E-state index in [2.05, 4.69) is 10.3 Å². The minimum Gasteiger partial charge on any atom is -0.380 e. The molecule has 0 saturated carbocycles. The molecule has 0 atom stereocenters. The van der Waals surface area contributed by atoms with E-state index in [0.29, 0.717) is 6.54 Å². The fourth-order valence-electron chi connectivity index (χ4n) is 2.11. The highest BCUT2D eigenvalue weighted by Crippen LogP contribution is 2.22. The van der Waals surface area contributed by atoms with Crippen LogP contribution in [0.25, 0.3) is 10.8 Å². The molecule has 3 rings (SSSR count). The number of benzene rings is 2. The van der Waals surface area contributed by atoms with Crippen LogP contribution in [0.15, 0.2) is 60.9 Å². The van der Waals surface area contributed by atoms with E-state index < -0.39 is 0 Å². The first kappa shape index (κ1) is 11.7. The fraction of sp³-hybridized carbons (Fsp3) is 0.0625.